The van der Waals surface area contributed by atoms with Gasteiger partial charge >= 0.3 is 0 Å². The Labute approximate surface area is 80.5 Å². The van der Waals surface area contributed by atoms with E-state index in [4.69, 9.17) is 0 Å². The predicted octanol–water partition coefficient (Wildman–Crippen LogP) is 2.72. The normalized spacial score (nSPS) is 14.9. The molecule has 0 spiro atoms. The molecule has 0 N–H and O–H groups in total. The van der Waals surface area contributed by atoms with Gasteiger partial charge in [-0.15, -0.1) is 10.2 Å². The lowest BCUT2D eigenvalue weighted by Crippen LogP contribution is -1.93. The number of nitrogens with zero attached hydrogens (tertiary/aromatic N) is 4. The minimum absolute atomic E-state index is 0.0474. The highest BCUT2D eigenvalue weighted by molar-refractivity contribution is 5.94. The summed E-state index contributed by atoms with van der Waals surface area (Å²) < 4.78 is 0. The second kappa shape index (κ2) is 3.45. The zero-order valence-electron chi connectivity index (χ0n) is 7.58. The van der Waals surface area contributed by atoms with Gasteiger partial charge in [-0.1, -0.05) is 24.3 Å². The fourth-order valence-electron chi connectivity index (χ4n) is 1.19. The molecule has 0 aliphatic carbocycles. The fraction of sp³-hybridized carbons (Fsp3) is 0.222. The van der Waals surface area contributed by atoms with E-state index in [0.29, 0.717) is 5.56 Å². The minimum Gasteiger partial charge on any atom is -0.295 e. The molecule has 0 atom stereocenters. The molecule has 70 valence electrons. The van der Waals surface area contributed by atoms with Crippen molar-refractivity contribution in [2.75, 3.05) is 0 Å². The van der Waals surface area contributed by atoms with Gasteiger partial charge in [-0.2, -0.15) is 0 Å². The maximum Gasteiger partial charge on any atom is 0.210 e. The highest BCUT2D eigenvalue weighted by Crippen LogP contribution is 2.23. The summed E-state index contributed by atoms with van der Waals surface area (Å²) in [4.78, 5) is 11.0. The molecule has 1 heterocycles. The largest absolute Gasteiger partial charge is 0.295 e. The molecule has 0 amide bonds. The number of rotatable bonds is 2. The third-order valence-corrected chi connectivity index (χ3v) is 1.98. The zero-order chi connectivity index (χ0) is 9.97. The van der Waals surface area contributed by atoms with Crippen LogP contribution in [0.15, 0.2) is 44.9 Å². The third kappa shape index (κ3) is 1.56. The zero-order valence-corrected chi connectivity index (χ0v) is 7.58. The van der Waals surface area contributed by atoms with Gasteiger partial charge in [0.25, 0.3) is 0 Å². The monoisotopic (exact) mass is 188 g/mol. The second-order valence-corrected chi connectivity index (χ2v) is 2.96. The van der Waals surface area contributed by atoms with Crippen molar-refractivity contribution < 1.29 is 4.79 Å². The van der Waals surface area contributed by atoms with Crippen LogP contribution in [0.5, 0.6) is 0 Å². The van der Waals surface area contributed by atoms with Crippen LogP contribution in [0.4, 0.5) is 0 Å². The van der Waals surface area contributed by atoms with E-state index in [1.807, 2.05) is 12.1 Å². The van der Waals surface area contributed by atoms with Gasteiger partial charge < -0.3 is 0 Å². The minimum atomic E-state index is -0.337. The van der Waals surface area contributed by atoms with Gasteiger partial charge in [0.05, 0.1) is 0 Å². The van der Waals surface area contributed by atoms with Gasteiger partial charge in [-0.25, -0.2) is 0 Å². The van der Waals surface area contributed by atoms with Crippen LogP contribution in [0, 0.1) is 0 Å². The summed E-state index contributed by atoms with van der Waals surface area (Å²) >= 11 is 0. The number of Topliss-reactive ketones (excluding diaryl/α,β-unsaturated/α-hetero) is 1. The highest BCUT2D eigenvalue weighted by atomic mass is 16.1. The van der Waals surface area contributed by atoms with Crippen LogP contribution in [0.25, 0.3) is 0 Å². The first kappa shape index (κ1) is 8.68. The summed E-state index contributed by atoms with van der Waals surface area (Å²) in [6.07, 6.45) is -0.337. The second-order valence-electron chi connectivity index (χ2n) is 2.96. The van der Waals surface area contributed by atoms with Crippen LogP contribution < -0.4 is 0 Å². The first-order chi connectivity index (χ1) is 6.77. The molecule has 0 saturated heterocycles. The topological polar surface area (TPSA) is 66.5 Å². The van der Waals surface area contributed by atoms with E-state index in [1.54, 1.807) is 12.1 Å². The number of carbonyl (C=O) groups excluding carboxylic acids is 1. The Balaban J connectivity index is 2.25. The SMILES string of the molecule is CC(=O)c1ccc(C2N=NN=N2)cc1. The van der Waals surface area contributed by atoms with Crippen molar-refractivity contribution in [3.05, 3.63) is 35.4 Å². The van der Waals surface area contributed by atoms with Crippen molar-refractivity contribution in [2.24, 2.45) is 20.7 Å². The Kier molecular flexibility index (Phi) is 2.14. The van der Waals surface area contributed by atoms with E-state index in [9.17, 15) is 4.79 Å². The average Bonchev–Trinajstić information content (AvgIpc) is 2.71. The van der Waals surface area contributed by atoms with Crippen LogP contribution in [0.1, 0.15) is 29.0 Å². The van der Waals surface area contributed by atoms with Crippen LogP contribution in [-0.2, 0) is 0 Å². The van der Waals surface area contributed by atoms with Gasteiger partial charge in [-0.05, 0) is 17.4 Å². The lowest BCUT2D eigenvalue weighted by atomic mass is 10.1. The van der Waals surface area contributed by atoms with Gasteiger partial charge in [0, 0.05) is 11.1 Å². The van der Waals surface area contributed by atoms with Crippen molar-refractivity contribution >= 4 is 5.78 Å². The van der Waals surface area contributed by atoms with Crippen molar-refractivity contribution in [1.82, 2.24) is 0 Å². The quantitative estimate of drug-likeness (QED) is 0.658. The fourth-order valence-corrected chi connectivity index (χ4v) is 1.19. The highest BCUT2D eigenvalue weighted by Gasteiger charge is 2.12. The van der Waals surface area contributed by atoms with Crippen molar-refractivity contribution in [3.8, 4) is 0 Å². The summed E-state index contributed by atoms with van der Waals surface area (Å²) in [5.41, 5.74) is 1.57. The lowest BCUT2D eigenvalue weighted by molar-refractivity contribution is 0.101. The Hall–Kier alpha value is -1.91. The predicted molar refractivity (Wildman–Crippen MR) is 48.9 cm³/mol. The molecule has 5 heteroatoms. The number of ketones is 1. The van der Waals surface area contributed by atoms with Crippen molar-refractivity contribution in [2.45, 2.75) is 13.1 Å². The van der Waals surface area contributed by atoms with E-state index in [2.05, 4.69) is 20.7 Å². The van der Waals surface area contributed by atoms with Crippen LogP contribution in [0.2, 0.25) is 0 Å². The Morgan fingerprint density at radius 3 is 2.21 bits per heavy atom. The molecule has 1 aromatic carbocycles. The molecule has 1 aromatic rings. The van der Waals surface area contributed by atoms with Crippen molar-refractivity contribution in [3.63, 3.8) is 0 Å². The van der Waals surface area contributed by atoms with Gasteiger partial charge in [0.2, 0.25) is 6.17 Å². The van der Waals surface area contributed by atoms with Gasteiger partial charge in [0.15, 0.2) is 5.78 Å². The van der Waals surface area contributed by atoms with Crippen molar-refractivity contribution in [1.29, 1.82) is 0 Å². The molecule has 0 aromatic heterocycles. The van der Waals surface area contributed by atoms with E-state index < -0.39 is 0 Å². The lowest BCUT2D eigenvalue weighted by Gasteiger charge is -2.01. The Morgan fingerprint density at radius 2 is 1.71 bits per heavy atom. The molecule has 0 fully saturated rings. The van der Waals surface area contributed by atoms with E-state index in [-0.39, 0.29) is 11.9 Å². The molecule has 2 rings (SSSR count). The van der Waals surface area contributed by atoms with Gasteiger partial charge in [-0.3, -0.25) is 4.79 Å². The number of hydrogen-bond acceptors (Lipinski definition) is 5. The molecule has 1 aliphatic rings. The third-order valence-electron chi connectivity index (χ3n) is 1.98. The molecule has 5 nitrogen and oxygen atoms in total. The summed E-state index contributed by atoms with van der Waals surface area (Å²) in [5.74, 6) is 0.0474. The summed E-state index contributed by atoms with van der Waals surface area (Å²) in [7, 11) is 0. The molecule has 1 aliphatic heterocycles. The number of benzene rings is 1. The smallest absolute Gasteiger partial charge is 0.210 e. The molecule has 0 saturated carbocycles. The molecule has 0 bridgehead atoms. The molecular weight excluding hydrogens is 180 g/mol. The van der Waals surface area contributed by atoms with E-state index in [0.717, 1.165) is 5.56 Å². The maximum atomic E-state index is 11.0. The van der Waals surface area contributed by atoms with E-state index >= 15 is 0 Å². The standard InChI is InChI=1S/C9H8N4O/c1-6(14)7-2-4-8(5-3-7)9-10-12-13-11-9/h2-5,9H,1H3. The Bertz CT molecular complexity index is 395. The number of carbonyl (C=O) groups is 1. The number of hydrogen-bond donors (Lipinski definition) is 0. The van der Waals surface area contributed by atoms with E-state index in [1.165, 1.54) is 6.92 Å². The average molecular weight is 188 g/mol. The first-order valence-electron chi connectivity index (χ1n) is 4.18. The van der Waals surface area contributed by atoms with Crippen LogP contribution in [0.3, 0.4) is 0 Å². The summed E-state index contributed by atoms with van der Waals surface area (Å²) in [6.45, 7) is 1.53. The molecule has 0 unspecified atom stereocenters. The van der Waals surface area contributed by atoms with Gasteiger partial charge in [0.1, 0.15) is 0 Å². The molecule has 14 heavy (non-hydrogen) atoms. The summed E-state index contributed by atoms with van der Waals surface area (Å²) in [6, 6.07) is 7.12. The first-order valence-corrected chi connectivity index (χ1v) is 4.18. The maximum absolute atomic E-state index is 11.0. The Morgan fingerprint density at radius 1 is 1.14 bits per heavy atom. The molecular formula is C9H8N4O. The summed E-state index contributed by atoms with van der Waals surface area (Å²) in [5, 5.41) is 14.4. The van der Waals surface area contributed by atoms with Crippen LogP contribution in [-0.4, -0.2) is 5.78 Å². The van der Waals surface area contributed by atoms with Crippen LogP contribution >= 0.6 is 0 Å². The molecule has 0 radical (unpaired) electrons.